The van der Waals surface area contributed by atoms with E-state index in [1.165, 1.54) is 41.6 Å². The number of hydrogen-bond donors (Lipinski definition) is 1. The molecule has 0 amide bonds. The van der Waals surface area contributed by atoms with E-state index in [9.17, 15) is 0 Å². The van der Waals surface area contributed by atoms with Gasteiger partial charge < -0.3 is 9.88 Å². The van der Waals surface area contributed by atoms with Crippen molar-refractivity contribution in [2.45, 2.75) is 25.8 Å². The summed E-state index contributed by atoms with van der Waals surface area (Å²) in [6.07, 6.45) is 8.06. The summed E-state index contributed by atoms with van der Waals surface area (Å²) in [5, 5.41) is 3.49. The van der Waals surface area contributed by atoms with Crippen molar-refractivity contribution in [1.82, 2.24) is 4.57 Å². The van der Waals surface area contributed by atoms with Crippen molar-refractivity contribution >= 4 is 5.69 Å². The Balaban J connectivity index is 1.69. The normalized spacial score (nSPS) is 13.7. The summed E-state index contributed by atoms with van der Waals surface area (Å²) in [5.74, 6) is 0. The van der Waals surface area contributed by atoms with Crippen LogP contribution in [0, 0.1) is 0 Å². The third-order valence-electron chi connectivity index (χ3n) is 3.49. The van der Waals surface area contributed by atoms with Gasteiger partial charge in [-0.05, 0) is 54.2 Å². The molecule has 1 aromatic carbocycles. The predicted molar refractivity (Wildman–Crippen MR) is 71.2 cm³/mol. The van der Waals surface area contributed by atoms with E-state index >= 15 is 0 Å². The van der Waals surface area contributed by atoms with E-state index in [-0.39, 0.29) is 0 Å². The summed E-state index contributed by atoms with van der Waals surface area (Å²) >= 11 is 0. The van der Waals surface area contributed by atoms with Gasteiger partial charge in [0.15, 0.2) is 0 Å². The van der Waals surface area contributed by atoms with Crippen LogP contribution in [-0.2, 0) is 26.4 Å². The van der Waals surface area contributed by atoms with Gasteiger partial charge in [-0.15, -0.1) is 0 Å². The summed E-state index contributed by atoms with van der Waals surface area (Å²) in [6, 6.07) is 8.94. The van der Waals surface area contributed by atoms with Gasteiger partial charge in [0.25, 0.3) is 0 Å². The van der Waals surface area contributed by atoms with E-state index < -0.39 is 0 Å². The molecule has 0 saturated heterocycles. The van der Waals surface area contributed by atoms with E-state index in [0.29, 0.717) is 0 Å². The van der Waals surface area contributed by atoms with E-state index in [1.807, 2.05) is 0 Å². The Morgan fingerprint density at radius 2 is 2.06 bits per heavy atom. The number of rotatable bonds is 3. The maximum absolute atomic E-state index is 3.49. The summed E-state index contributed by atoms with van der Waals surface area (Å²) in [6.45, 7) is 0.902. The zero-order chi connectivity index (χ0) is 11.7. The monoisotopic (exact) mass is 226 g/mol. The summed E-state index contributed by atoms with van der Waals surface area (Å²) in [4.78, 5) is 0. The number of nitrogens with one attached hydrogen (secondary N) is 1. The van der Waals surface area contributed by atoms with Crippen LogP contribution in [0.2, 0.25) is 0 Å². The number of aryl methyl sites for hydroxylation is 3. The molecule has 0 aliphatic heterocycles. The van der Waals surface area contributed by atoms with Gasteiger partial charge in [0, 0.05) is 31.7 Å². The molecule has 3 rings (SSSR count). The molecular formula is C15H18N2. The van der Waals surface area contributed by atoms with Crippen LogP contribution in [-0.4, -0.2) is 4.57 Å². The van der Waals surface area contributed by atoms with Gasteiger partial charge in [-0.1, -0.05) is 6.07 Å². The Labute approximate surface area is 102 Å². The van der Waals surface area contributed by atoms with Crippen LogP contribution in [0.4, 0.5) is 5.69 Å². The number of fused-ring (bicyclic) bond motifs is 1. The van der Waals surface area contributed by atoms with Crippen molar-refractivity contribution in [1.29, 1.82) is 0 Å². The van der Waals surface area contributed by atoms with Crippen molar-refractivity contribution in [2.75, 3.05) is 5.32 Å². The molecule has 1 heterocycles. The molecule has 2 nitrogen and oxygen atoms in total. The third kappa shape index (κ3) is 2.21. The molecule has 1 N–H and O–H groups in total. The number of aromatic nitrogens is 1. The Kier molecular flexibility index (Phi) is 2.63. The molecule has 17 heavy (non-hydrogen) atoms. The van der Waals surface area contributed by atoms with Gasteiger partial charge in [0.1, 0.15) is 0 Å². The Morgan fingerprint density at radius 3 is 2.88 bits per heavy atom. The fourth-order valence-electron chi connectivity index (χ4n) is 2.55. The number of nitrogens with zero attached hydrogens (tertiary/aromatic N) is 1. The predicted octanol–water partition coefficient (Wildman–Crippen LogP) is 3.13. The second kappa shape index (κ2) is 4.28. The number of hydrogen-bond acceptors (Lipinski definition) is 1. The lowest BCUT2D eigenvalue weighted by Crippen LogP contribution is -1.99. The molecule has 0 bridgehead atoms. The largest absolute Gasteiger partial charge is 0.381 e. The molecule has 0 atom stereocenters. The molecule has 2 aromatic rings. The lowest BCUT2D eigenvalue weighted by molar-refractivity contribution is 0.911. The second-order valence-corrected chi connectivity index (χ2v) is 4.88. The maximum Gasteiger partial charge on any atom is 0.0415 e. The fourth-order valence-corrected chi connectivity index (χ4v) is 2.55. The summed E-state index contributed by atoms with van der Waals surface area (Å²) in [5.41, 5.74) is 5.64. The first-order valence-corrected chi connectivity index (χ1v) is 6.28. The molecule has 1 aliphatic carbocycles. The SMILES string of the molecule is Cn1ccc(CNc2ccc3c(c2)CCC3)c1. The number of benzene rings is 1. The van der Waals surface area contributed by atoms with Crippen LogP contribution in [0.3, 0.4) is 0 Å². The zero-order valence-corrected chi connectivity index (χ0v) is 10.2. The van der Waals surface area contributed by atoms with Gasteiger partial charge in [0.05, 0.1) is 0 Å². The van der Waals surface area contributed by atoms with Crippen LogP contribution < -0.4 is 5.32 Å². The highest BCUT2D eigenvalue weighted by Gasteiger charge is 2.10. The topological polar surface area (TPSA) is 17.0 Å². The molecule has 0 unspecified atom stereocenters. The van der Waals surface area contributed by atoms with Crippen LogP contribution in [0.5, 0.6) is 0 Å². The second-order valence-electron chi connectivity index (χ2n) is 4.88. The Bertz CT molecular complexity index is 525. The van der Waals surface area contributed by atoms with E-state index in [4.69, 9.17) is 0 Å². The molecule has 0 radical (unpaired) electrons. The van der Waals surface area contributed by atoms with Gasteiger partial charge in [-0.3, -0.25) is 0 Å². The first-order chi connectivity index (χ1) is 8.31. The van der Waals surface area contributed by atoms with Crippen LogP contribution in [0.1, 0.15) is 23.1 Å². The molecule has 0 saturated carbocycles. The minimum Gasteiger partial charge on any atom is -0.381 e. The molecule has 2 heteroatoms. The van der Waals surface area contributed by atoms with Gasteiger partial charge in [0.2, 0.25) is 0 Å². The van der Waals surface area contributed by atoms with Crippen LogP contribution in [0.25, 0.3) is 0 Å². The van der Waals surface area contributed by atoms with Gasteiger partial charge in [-0.2, -0.15) is 0 Å². The molecule has 1 aromatic heterocycles. The van der Waals surface area contributed by atoms with E-state index in [0.717, 1.165) is 6.54 Å². The maximum atomic E-state index is 3.49. The van der Waals surface area contributed by atoms with Crippen molar-refractivity contribution in [3.05, 3.63) is 53.3 Å². The average molecular weight is 226 g/mol. The van der Waals surface area contributed by atoms with Crippen molar-refractivity contribution in [3.63, 3.8) is 0 Å². The van der Waals surface area contributed by atoms with Crippen LogP contribution in [0.15, 0.2) is 36.7 Å². The summed E-state index contributed by atoms with van der Waals surface area (Å²) < 4.78 is 2.08. The first kappa shape index (κ1) is 10.5. The molecular weight excluding hydrogens is 208 g/mol. The molecule has 1 aliphatic rings. The number of anilines is 1. The average Bonchev–Trinajstić information content (AvgIpc) is 2.94. The van der Waals surface area contributed by atoms with Crippen molar-refractivity contribution in [2.24, 2.45) is 7.05 Å². The minimum absolute atomic E-state index is 0.902. The Morgan fingerprint density at radius 1 is 1.18 bits per heavy atom. The standard InChI is InChI=1S/C15H18N2/c1-17-8-7-12(11-17)10-16-15-6-5-13-3-2-4-14(13)9-15/h5-9,11,16H,2-4,10H2,1H3. The lowest BCUT2D eigenvalue weighted by atomic mass is 10.1. The lowest BCUT2D eigenvalue weighted by Gasteiger charge is -2.07. The molecule has 88 valence electrons. The highest BCUT2D eigenvalue weighted by Crippen LogP contribution is 2.25. The summed E-state index contributed by atoms with van der Waals surface area (Å²) in [7, 11) is 2.05. The molecule has 0 fully saturated rings. The fraction of sp³-hybridized carbons (Fsp3) is 0.333. The first-order valence-electron chi connectivity index (χ1n) is 6.28. The van der Waals surface area contributed by atoms with Gasteiger partial charge in [-0.25, -0.2) is 0 Å². The molecule has 0 spiro atoms. The quantitative estimate of drug-likeness (QED) is 0.851. The van der Waals surface area contributed by atoms with Crippen molar-refractivity contribution in [3.8, 4) is 0 Å². The highest BCUT2D eigenvalue weighted by atomic mass is 14.9. The van der Waals surface area contributed by atoms with Crippen molar-refractivity contribution < 1.29 is 0 Å². The minimum atomic E-state index is 0.902. The Hall–Kier alpha value is -1.70. The van der Waals surface area contributed by atoms with Gasteiger partial charge >= 0.3 is 0 Å². The van der Waals surface area contributed by atoms with E-state index in [1.54, 1.807) is 0 Å². The zero-order valence-electron chi connectivity index (χ0n) is 10.2. The smallest absolute Gasteiger partial charge is 0.0415 e. The van der Waals surface area contributed by atoms with Crippen LogP contribution >= 0.6 is 0 Å². The third-order valence-corrected chi connectivity index (χ3v) is 3.49. The van der Waals surface area contributed by atoms with E-state index in [2.05, 4.69) is 53.6 Å². The highest BCUT2D eigenvalue weighted by molar-refractivity contribution is 5.50.